The van der Waals surface area contributed by atoms with Crippen molar-refractivity contribution >= 4 is 50.2 Å². The van der Waals surface area contributed by atoms with Crippen molar-refractivity contribution in [3.63, 3.8) is 0 Å². The molecule has 2 aromatic heterocycles. The maximum absolute atomic E-state index is 5.74. The van der Waals surface area contributed by atoms with Crippen molar-refractivity contribution in [3.8, 4) is 0 Å². The summed E-state index contributed by atoms with van der Waals surface area (Å²) in [5, 5.41) is 5.40. The SMILES string of the molecule is CN(CCc1nc(CCl)cs1)Cc1csc(Br)c1. The van der Waals surface area contributed by atoms with Crippen LogP contribution < -0.4 is 0 Å². The van der Waals surface area contributed by atoms with Crippen LogP contribution >= 0.6 is 50.2 Å². The van der Waals surface area contributed by atoms with Gasteiger partial charge in [-0.15, -0.1) is 34.3 Å². The van der Waals surface area contributed by atoms with Crippen LogP contribution in [-0.2, 0) is 18.8 Å². The summed E-state index contributed by atoms with van der Waals surface area (Å²) >= 11 is 12.7. The van der Waals surface area contributed by atoms with Crippen LogP contribution in [0.25, 0.3) is 0 Å². The lowest BCUT2D eigenvalue weighted by Gasteiger charge is -2.14. The van der Waals surface area contributed by atoms with Gasteiger partial charge in [0.25, 0.3) is 0 Å². The Morgan fingerprint density at radius 2 is 2.22 bits per heavy atom. The molecule has 0 spiro atoms. The maximum Gasteiger partial charge on any atom is 0.0941 e. The smallest absolute Gasteiger partial charge is 0.0941 e. The van der Waals surface area contributed by atoms with Crippen LogP contribution in [-0.4, -0.2) is 23.5 Å². The van der Waals surface area contributed by atoms with Gasteiger partial charge in [-0.3, -0.25) is 0 Å². The first-order chi connectivity index (χ1) is 8.67. The van der Waals surface area contributed by atoms with Gasteiger partial charge >= 0.3 is 0 Å². The zero-order valence-electron chi connectivity index (χ0n) is 10.0. The lowest BCUT2D eigenvalue weighted by Crippen LogP contribution is -2.20. The normalized spacial score (nSPS) is 11.3. The molecule has 2 aromatic rings. The molecule has 0 aliphatic rings. The molecular weight excluding hydrogens is 352 g/mol. The third-order valence-electron chi connectivity index (χ3n) is 2.52. The van der Waals surface area contributed by atoms with E-state index < -0.39 is 0 Å². The molecule has 18 heavy (non-hydrogen) atoms. The molecule has 0 fully saturated rings. The Morgan fingerprint density at radius 1 is 1.39 bits per heavy atom. The van der Waals surface area contributed by atoms with Gasteiger partial charge in [0, 0.05) is 24.9 Å². The molecule has 0 N–H and O–H groups in total. The maximum atomic E-state index is 5.74. The molecule has 6 heteroatoms. The molecular formula is C12H14BrClN2S2. The molecule has 0 aromatic carbocycles. The van der Waals surface area contributed by atoms with E-state index in [9.17, 15) is 0 Å². The van der Waals surface area contributed by atoms with Crippen molar-refractivity contribution in [1.82, 2.24) is 9.88 Å². The predicted molar refractivity (Wildman–Crippen MR) is 83.7 cm³/mol. The Balaban J connectivity index is 1.79. The predicted octanol–water partition coefficient (Wildman–Crippen LogP) is 4.38. The summed E-state index contributed by atoms with van der Waals surface area (Å²) in [4.78, 5) is 6.78. The summed E-state index contributed by atoms with van der Waals surface area (Å²) in [6.07, 6.45) is 0.989. The molecule has 0 saturated carbocycles. The Labute approximate surface area is 129 Å². The summed E-state index contributed by atoms with van der Waals surface area (Å²) in [5.41, 5.74) is 2.34. The molecule has 2 rings (SSSR count). The first-order valence-corrected chi connectivity index (χ1v) is 8.66. The number of halogens is 2. The van der Waals surface area contributed by atoms with Crippen molar-refractivity contribution in [2.75, 3.05) is 13.6 Å². The summed E-state index contributed by atoms with van der Waals surface area (Å²) in [5.74, 6) is 0.509. The van der Waals surface area contributed by atoms with Crippen LogP contribution in [0.4, 0.5) is 0 Å². The van der Waals surface area contributed by atoms with E-state index >= 15 is 0 Å². The Bertz CT molecular complexity index is 498. The Morgan fingerprint density at radius 3 is 2.83 bits per heavy atom. The van der Waals surface area contributed by atoms with Crippen LogP contribution in [0.1, 0.15) is 16.3 Å². The van der Waals surface area contributed by atoms with E-state index in [1.54, 1.807) is 22.7 Å². The van der Waals surface area contributed by atoms with Crippen molar-refractivity contribution in [1.29, 1.82) is 0 Å². The van der Waals surface area contributed by atoms with Gasteiger partial charge in [-0.1, -0.05) is 0 Å². The number of thiazole rings is 1. The molecule has 0 aliphatic carbocycles. The zero-order valence-corrected chi connectivity index (χ0v) is 14.0. The number of thiophene rings is 1. The van der Waals surface area contributed by atoms with E-state index in [-0.39, 0.29) is 0 Å². The monoisotopic (exact) mass is 364 g/mol. The van der Waals surface area contributed by atoms with Gasteiger partial charge < -0.3 is 4.90 Å². The minimum absolute atomic E-state index is 0.509. The standard InChI is InChI=1S/C12H14BrClN2S2/c1-16(6-9-4-11(13)17-7-9)3-2-12-15-10(5-14)8-18-12/h4,7-8H,2-3,5-6H2,1H3. The van der Waals surface area contributed by atoms with Crippen LogP contribution in [0.5, 0.6) is 0 Å². The van der Waals surface area contributed by atoms with Gasteiger partial charge in [0.15, 0.2) is 0 Å². The Hall–Kier alpha value is 0.0600. The average molecular weight is 366 g/mol. The first kappa shape index (κ1) is 14.5. The van der Waals surface area contributed by atoms with E-state index in [0.29, 0.717) is 5.88 Å². The van der Waals surface area contributed by atoms with Gasteiger partial charge in [-0.05, 0) is 40.0 Å². The van der Waals surface area contributed by atoms with Crippen molar-refractivity contribution in [3.05, 3.63) is 36.9 Å². The number of hydrogen-bond donors (Lipinski definition) is 0. The van der Waals surface area contributed by atoms with Crippen molar-refractivity contribution in [2.45, 2.75) is 18.8 Å². The molecule has 0 aliphatic heterocycles. The highest BCUT2D eigenvalue weighted by Crippen LogP contribution is 2.21. The second kappa shape index (κ2) is 7.01. The summed E-state index contributed by atoms with van der Waals surface area (Å²) < 4.78 is 1.19. The van der Waals surface area contributed by atoms with Crippen molar-refractivity contribution in [2.24, 2.45) is 0 Å². The summed E-state index contributed by atoms with van der Waals surface area (Å²) in [7, 11) is 2.14. The van der Waals surface area contributed by atoms with Gasteiger partial charge in [0.05, 0.1) is 20.4 Å². The van der Waals surface area contributed by atoms with Crippen LogP contribution in [0.3, 0.4) is 0 Å². The molecule has 0 atom stereocenters. The van der Waals surface area contributed by atoms with Crippen LogP contribution in [0.15, 0.2) is 20.6 Å². The van der Waals surface area contributed by atoms with E-state index in [4.69, 9.17) is 11.6 Å². The first-order valence-electron chi connectivity index (χ1n) is 5.58. The van der Waals surface area contributed by atoms with Gasteiger partial charge in [-0.25, -0.2) is 4.98 Å². The highest BCUT2D eigenvalue weighted by molar-refractivity contribution is 9.11. The quantitative estimate of drug-likeness (QED) is 0.706. The van der Waals surface area contributed by atoms with Gasteiger partial charge in [0.1, 0.15) is 0 Å². The third kappa shape index (κ3) is 4.31. The summed E-state index contributed by atoms with van der Waals surface area (Å²) in [6, 6.07) is 2.18. The molecule has 0 bridgehead atoms. The van der Waals surface area contributed by atoms with E-state index in [1.807, 2.05) is 5.38 Å². The molecule has 0 saturated heterocycles. The van der Waals surface area contributed by atoms with Gasteiger partial charge in [-0.2, -0.15) is 0 Å². The highest BCUT2D eigenvalue weighted by atomic mass is 79.9. The Kier molecular flexibility index (Phi) is 5.63. The van der Waals surface area contributed by atoms with Gasteiger partial charge in [0.2, 0.25) is 0 Å². The van der Waals surface area contributed by atoms with E-state index in [1.165, 1.54) is 14.4 Å². The number of nitrogens with zero attached hydrogens (tertiary/aromatic N) is 2. The van der Waals surface area contributed by atoms with E-state index in [0.717, 1.165) is 25.2 Å². The fourth-order valence-corrected chi connectivity index (χ4v) is 3.85. The minimum atomic E-state index is 0.509. The van der Waals surface area contributed by atoms with Crippen molar-refractivity contribution < 1.29 is 0 Å². The van der Waals surface area contributed by atoms with Crippen LogP contribution in [0.2, 0.25) is 0 Å². The molecule has 98 valence electrons. The third-order valence-corrected chi connectivity index (χ3v) is 5.30. The minimum Gasteiger partial charge on any atom is -0.302 e. The molecule has 2 heterocycles. The lowest BCUT2D eigenvalue weighted by molar-refractivity contribution is 0.331. The fourth-order valence-electron chi connectivity index (χ4n) is 1.63. The summed E-state index contributed by atoms with van der Waals surface area (Å²) in [6.45, 7) is 2.00. The average Bonchev–Trinajstić information content (AvgIpc) is 2.95. The fraction of sp³-hybridized carbons (Fsp3) is 0.417. The molecule has 0 amide bonds. The van der Waals surface area contributed by atoms with Crippen LogP contribution in [0, 0.1) is 0 Å². The number of likely N-dealkylation sites (N-methyl/N-ethyl adjacent to an activating group) is 1. The second-order valence-electron chi connectivity index (χ2n) is 4.11. The largest absolute Gasteiger partial charge is 0.302 e. The number of hydrogen-bond acceptors (Lipinski definition) is 4. The number of alkyl halides is 1. The molecule has 0 unspecified atom stereocenters. The number of rotatable bonds is 6. The number of aromatic nitrogens is 1. The second-order valence-corrected chi connectivity index (χ2v) is 7.61. The molecule has 2 nitrogen and oxygen atoms in total. The van der Waals surface area contributed by atoms with E-state index in [2.05, 4.69) is 44.3 Å². The molecule has 0 radical (unpaired) electrons. The zero-order chi connectivity index (χ0) is 13.0. The highest BCUT2D eigenvalue weighted by Gasteiger charge is 2.05. The topological polar surface area (TPSA) is 16.1 Å². The lowest BCUT2D eigenvalue weighted by atomic mass is 10.3.